The second kappa shape index (κ2) is 7.25. The van der Waals surface area contributed by atoms with Crippen LogP contribution in [0.15, 0.2) is 60.3 Å². The van der Waals surface area contributed by atoms with E-state index in [4.69, 9.17) is 9.47 Å². The third-order valence-corrected chi connectivity index (χ3v) is 4.11. The molecule has 2 aromatic carbocycles. The van der Waals surface area contributed by atoms with Crippen molar-refractivity contribution in [3.63, 3.8) is 0 Å². The number of esters is 2. The molecule has 0 amide bonds. The molecule has 1 heterocycles. The minimum Gasteiger partial charge on any atom is -0.419 e. The smallest absolute Gasteiger partial charge is 0.350 e. The first kappa shape index (κ1) is 18.7. The van der Waals surface area contributed by atoms with Crippen LogP contribution in [-0.2, 0) is 19.1 Å². The molecule has 140 valence electrons. The average Bonchev–Trinajstić information content (AvgIpc) is 2.61. The van der Waals surface area contributed by atoms with Crippen LogP contribution >= 0.6 is 0 Å². The maximum Gasteiger partial charge on any atom is 0.350 e. The lowest BCUT2D eigenvalue weighted by atomic mass is 9.98. The van der Waals surface area contributed by atoms with Gasteiger partial charge in [-0.25, -0.2) is 9.59 Å². The van der Waals surface area contributed by atoms with Crippen LogP contribution < -0.4 is 5.32 Å². The summed E-state index contributed by atoms with van der Waals surface area (Å²) in [5.74, 6) is -2.81. The molecule has 1 atom stereocenters. The van der Waals surface area contributed by atoms with Gasteiger partial charge in [0.05, 0.1) is 0 Å². The predicted octanol–water partition coefficient (Wildman–Crippen LogP) is 3.21. The molecular formula is C21H21NO5. The Labute approximate surface area is 157 Å². The van der Waals surface area contributed by atoms with Crippen molar-refractivity contribution in [3.8, 4) is 0 Å². The monoisotopic (exact) mass is 367 g/mol. The van der Waals surface area contributed by atoms with E-state index >= 15 is 0 Å². The Kier molecular flexibility index (Phi) is 5.01. The quantitative estimate of drug-likeness (QED) is 0.490. The maximum absolute atomic E-state index is 12.1. The first-order valence-corrected chi connectivity index (χ1v) is 8.54. The number of nitrogens with one attached hydrogen (secondary N) is 1. The molecule has 2 aromatic rings. The highest BCUT2D eigenvalue weighted by atomic mass is 16.7. The van der Waals surface area contributed by atoms with Crippen LogP contribution in [0.5, 0.6) is 0 Å². The van der Waals surface area contributed by atoms with Gasteiger partial charge in [-0.3, -0.25) is 0 Å². The Balaban J connectivity index is 1.90. The molecule has 0 radical (unpaired) electrons. The van der Waals surface area contributed by atoms with Crippen molar-refractivity contribution >= 4 is 17.6 Å². The zero-order chi connectivity index (χ0) is 19.6. The van der Waals surface area contributed by atoms with Crippen LogP contribution in [0.3, 0.4) is 0 Å². The van der Waals surface area contributed by atoms with E-state index in [0.29, 0.717) is 11.3 Å². The van der Waals surface area contributed by atoms with Crippen LogP contribution in [0.2, 0.25) is 0 Å². The Morgan fingerprint density at radius 3 is 2.30 bits per heavy atom. The van der Waals surface area contributed by atoms with E-state index in [0.717, 1.165) is 11.1 Å². The van der Waals surface area contributed by atoms with Gasteiger partial charge < -0.3 is 19.9 Å². The summed E-state index contributed by atoms with van der Waals surface area (Å²) in [7, 11) is 0. The number of aryl methyl sites for hydroxylation is 1. The molecule has 1 aliphatic rings. The second-order valence-corrected chi connectivity index (χ2v) is 6.79. The molecule has 6 heteroatoms. The van der Waals surface area contributed by atoms with Crippen molar-refractivity contribution < 1.29 is 24.2 Å². The van der Waals surface area contributed by atoms with Gasteiger partial charge in [0, 0.05) is 31.3 Å². The molecular weight excluding hydrogens is 346 g/mol. The van der Waals surface area contributed by atoms with Crippen molar-refractivity contribution in [1.82, 2.24) is 0 Å². The number of anilines is 1. The Hall–Kier alpha value is -3.12. The van der Waals surface area contributed by atoms with Gasteiger partial charge in [-0.05, 0) is 18.6 Å². The maximum atomic E-state index is 12.1. The van der Waals surface area contributed by atoms with Gasteiger partial charge in [0.15, 0.2) is 5.57 Å². The molecule has 0 spiro atoms. The van der Waals surface area contributed by atoms with Gasteiger partial charge in [0.25, 0.3) is 5.79 Å². The lowest BCUT2D eigenvalue weighted by Gasteiger charge is -2.29. The summed E-state index contributed by atoms with van der Waals surface area (Å²) in [6.07, 6.45) is 0.377. The minimum absolute atomic E-state index is 0.241. The molecule has 27 heavy (non-hydrogen) atoms. The molecule has 1 saturated heterocycles. The molecule has 2 N–H and O–H groups in total. The van der Waals surface area contributed by atoms with E-state index in [1.807, 2.05) is 49.4 Å². The van der Waals surface area contributed by atoms with Crippen molar-refractivity contribution in [3.05, 3.63) is 77.0 Å². The normalized spacial score (nSPS) is 17.0. The van der Waals surface area contributed by atoms with E-state index in [1.54, 1.807) is 6.07 Å². The summed E-state index contributed by atoms with van der Waals surface area (Å²) in [6, 6.07) is 14.7. The number of aliphatic hydroxyl groups is 1. The fourth-order valence-electron chi connectivity index (χ4n) is 2.78. The first-order valence-electron chi connectivity index (χ1n) is 8.54. The number of benzene rings is 2. The fourth-order valence-corrected chi connectivity index (χ4v) is 2.78. The number of hydrogen-bond acceptors (Lipinski definition) is 6. The van der Waals surface area contributed by atoms with E-state index in [-0.39, 0.29) is 5.57 Å². The number of carbonyl (C=O) groups is 2. The van der Waals surface area contributed by atoms with E-state index in [2.05, 4.69) is 5.32 Å². The SMILES string of the molecule is Cc1ccc(NC=C2C(=O)OC(C)(C)OC2=O)c(C(O)c2ccccc2)c1. The topological polar surface area (TPSA) is 84.9 Å². The highest BCUT2D eigenvalue weighted by Gasteiger charge is 2.39. The van der Waals surface area contributed by atoms with Crippen LogP contribution in [-0.4, -0.2) is 22.8 Å². The summed E-state index contributed by atoms with van der Waals surface area (Å²) in [5.41, 5.74) is 2.65. The Bertz CT molecular complexity index is 880. The van der Waals surface area contributed by atoms with Gasteiger partial charge in [0.2, 0.25) is 0 Å². The van der Waals surface area contributed by atoms with Crippen LogP contribution in [0.4, 0.5) is 5.69 Å². The van der Waals surface area contributed by atoms with Crippen molar-refractivity contribution in [2.75, 3.05) is 5.32 Å². The molecule has 0 aliphatic carbocycles. The number of ether oxygens (including phenoxy) is 2. The molecule has 0 saturated carbocycles. The summed E-state index contributed by atoms with van der Waals surface area (Å²) in [6.45, 7) is 4.89. The summed E-state index contributed by atoms with van der Waals surface area (Å²) >= 11 is 0. The van der Waals surface area contributed by atoms with Gasteiger partial charge in [-0.2, -0.15) is 0 Å². The van der Waals surface area contributed by atoms with Crippen molar-refractivity contribution in [1.29, 1.82) is 0 Å². The molecule has 6 nitrogen and oxygen atoms in total. The number of rotatable bonds is 4. The highest BCUT2D eigenvalue weighted by Crippen LogP contribution is 2.30. The lowest BCUT2D eigenvalue weighted by molar-refractivity contribution is -0.222. The predicted molar refractivity (Wildman–Crippen MR) is 99.7 cm³/mol. The number of carbonyl (C=O) groups excluding carboxylic acids is 2. The van der Waals surface area contributed by atoms with Gasteiger partial charge in [-0.1, -0.05) is 48.0 Å². The molecule has 0 aromatic heterocycles. The Morgan fingerprint density at radius 1 is 1.04 bits per heavy atom. The largest absolute Gasteiger partial charge is 0.419 e. The third-order valence-electron chi connectivity index (χ3n) is 4.11. The zero-order valence-corrected chi connectivity index (χ0v) is 15.4. The van der Waals surface area contributed by atoms with Crippen molar-refractivity contribution in [2.24, 2.45) is 0 Å². The van der Waals surface area contributed by atoms with Crippen LogP contribution in [0.1, 0.15) is 36.6 Å². The van der Waals surface area contributed by atoms with E-state index < -0.39 is 23.8 Å². The standard InChI is InChI=1S/C21H21NO5/c1-13-9-10-17(15(11-13)18(23)14-7-5-4-6-8-14)22-12-16-19(24)26-21(2,3)27-20(16)25/h4-12,18,22-23H,1-3H3. The average molecular weight is 367 g/mol. The second-order valence-electron chi connectivity index (χ2n) is 6.79. The zero-order valence-electron chi connectivity index (χ0n) is 15.4. The lowest BCUT2D eigenvalue weighted by Crippen LogP contribution is -2.42. The fraction of sp³-hybridized carbons (Fsp3) is 0.238. The molecule has 1 aliphatic heterocycles. The molecule has 3 rings (SSSR count). The van der Waals surface area contributed by atoms with Gasteiger partial charge >= 0.3 is 11.9 Å². The third kappa shape index (κ3) is 4.17. The first-order chi connectivity index (χ1) is 12.8. The summed E-state index contributed by atoms with van der Waals surface area (Å²) in [4.78, 5) is 24.1. The number of aliphatic hydroxyl groups excluding tert-OH is 1. The summed E-state index contributed by atoms with van der Waals surface area (Å²) in [5, 5.41) is 13.7. The van der Waals surface area contributed by atoms with E-state index in [1.165, 1.54) is 20.0 Å². The van der Waals surface area contributed by atoms with Crippen LogP contribution in [0.25, 0.3) is 0 Å². The van der Waals surface area contributed by atoms with Crippen LogP contribution in [0, 0.1) is 6.92 Å². The molecule has 1 fully saturated rings. The van der Waals surface area contributed by atoms with Crippen molar-refractivity contribution in [2.45, 2.75) is 32.7 Å². The minimum atomic E-state index is -1.29. The number of cyclic esters (lactones) is 2. The highest BCUT2D eigenvalue weighted by molar-refractivity contribution is 6.15. The number of hydrogen-bond donors (Lipinski definition) is 2. The molecule has 1 unspecified atom stereocenters. The molecule has 0 bridgehead atoms. The van der Waals surface area contributed by atoms with Gasteiger partial charge in [-0.15, -0.1) is 0 Å². The van der Waals surface area contributed by atoms with E-state index in [9.17, 15) is 14.7 Å². The Morgan fingerprint density at radius 2 is 1.67 bits per heavy atom. The summed E-state index contributed by atoms with van der Waals surface area (Å²) < 4.78 is 10.1. The van der Waals surface area contributed by atoms with Gasteiger partial charge in [0.1, 0.15) is 6.10 Å².